The highest BCUT2D eigenvalue weighted by atomic mass is 16.3. The molecule has 0 spiro atoms. The van der Waals surface area contributed by atoms with Gasteiger partial charge in [-0.25, -0.2) is 4.68 Å². The van der Waals surface area contributed by atoms with E-state index in [0.717, 1.165) is 10.1 Å². The number of aliphatic hydroxyl groups is 1. The van der Waals surface area contributed by atoms with Crippen molar-refractivity contribution < 1.29 is 9.90 Å². The lowest BCUT2D eigenvalue weighted by Crippen LogP contribution is -2.38. The van der Waals surface area contributed by atoms with Crippen molar-refractivity contribution in [3.05, 3.63) is 40.8 Å². The van der Waals surface area contributed by atoms with Crippen LogP contribution in [-0.4, -0.2) is 33.4 Å². The number of nitrogens with one attached hydrogen (secondary N) is 1. The molecular formula is C14H17N3O3. The molecule has 2 aromatic rings. The summed E-state index contributed by atoms with van der Waals surface area (Å²) in [6, 6.07) is 6.98. The zero-order valence-corrected chi connectivity index (χ0v) is 11.2. The summed E-state index contributed by atoms with van der Waals surface area (Å²) in [5.74, 6) is -0.296. The molecule has 0 aliphatic heterocycles. The molecule has 0 fully saturated rings. The van der Waals surface area contributed by atoms with E-state index in [4.69, 9.17) is 5.11 Å². The van der Waals surface area contributed by atoms with E-state index in [2.05, 4.69) is 10.4 Å². The lowest BCUT2D eigenvalue weighted by molar-refractivity contribution is -0.122. The topological polar surface area (TPSA) is 84.2 Å². The Morgan fingerprint density at radius 3 is 2.95 bits per heavy atom. The maximum Gasteiger partial charge on any atom is 0.275 e. The summed E-state index contributed by atoms with van der Waals surface area (Å²) in [6.45, 7) is 1.68. The fourth-order valence-electron chi connectivity index (χ4n) is 1.96. The number of hydrogen-bond acceptors (Lipinski definition) is 4. The third-order valence-corrected chi connectivity index (χ3v) is 3.02. The molecule has 1 atom stereocenters. The SMILES string of the molecule is CC(CCO)NC(=O)Cn1ncc2ccccc2c1=O. The maximum absolute atomic E-state index is 12.2. The van der Waals surface area contributed by atoms with Gasteiger partial charge in [0.25, 0.3) is 5.56 Å². The number of carbonyl (C=O) groups excluding carboxylic acids is 1. The van der Waals surface area contributed by atoms with E-state index in [-0.39, 0.29) is 30.7 Å². The Morgan fingerprint density at radius 1 is 1.45 bits per heavy atom. The average molecular weight is 275 g/mol. The molecule has 0 saturated carbocycles. The van der Waals surface area contributed by atoms with Gasteiger partial charge in [0.15, 0.2) is 0 Å². The Balaban J connectivity index is 2.16. The number of aromatic nitrogens is 2. The zero-order chi connectivity index (χ0) is 14.5. The molecule has 1 amide bonds. The molecule has 0 saturated heterocycles. The van der Waals surface area contributed by atoms with Crippen molar-refractivity contribution in [3.8, 4) is 0 Å². The summed E-state index contributed by atoms with van der Waals surface area (Å²) < 4.78 is 1.14. The quantitative estimate of drug-likeness (QED) is 0.821. The van der Waals surface area contributed by atoms with Gasteiger partial charge in [-0.2, -0.15) is 5.10 Å². The fraction of sp³-hybridized carbons (Fsp3) is 0.357. The van der Waals surface area contributed by atoms with Crippen LogP contribution < -0.4 is 10.9 Å². The lowest BCUT2D eigenvalue weighted by Gasteiger charge is -2.12. The average Bonchev–Trinajstić information content (AvgIpc) is 2.42. The Kier molecular flexibility index (Phi) is 4.47. The van der Waals surface area contributed by atoms with Gasteiger partial charge in [0.2, 0.25) is 5.91 Å². The summed E-state index contributed by atoms with van der Waals surface area (Å²) in [4.78, 5) is 23.9. The van der Waals surface area contributed by atoms with E-state index < -0.39 is 0 Å². The Morgan fingerprint density at radius 2 is 2.20 bits per heavy atom. The molecule has 0 bridgehead atoms. The predicted octanol–water partition coefficient (Wildman–Crippen LogP) is 0.284. The summed E-state index contributed by atoms with van der Waals surface area (Å²) in [5.41, 5.74) is -0.284. The van der Waals surface area contributed by atoms with Crippen molar-refractivity contribution in [2.75, 3.05) is 6.61 Å². The number of nitrogens with zero attached hydrogens (tertiary/aromatic N) is 2. The van der Waals surface area contributed by atoms with Crippen molar-refractivity contribution in [3.63, 3.8) is 0 Å². The van der Waals surface area contributed by atoms with E-state index >= 15 is 0 Å². The van der Waals surface area contributed by atoms with Gasteiger partial charge in [0, 0.05) is 18.0 Å². The second-order valence-electron chi connectivity index (χ2n) is 4.68. The van der Waals surface area contributed by atoms with Crippen molar-refractivity contribution in [1.29, 1.82) is 0 Å². The molecule has 1 aromatic carbocycles. The van der Waals surface area contributed by atoms with Crippen LogP contribution in [0, 0.1) is 0 Å². The van der Waals surface area contributed by atoms with Crippen LogP contribution in [0.2, 0.25) is 0 Å². The number of fused-ring (bicyclic) bond motifs is 1. The highest BCUT2D eigenvalue weighted by molar-refractivity contribution is 5.81. The maximum atomic E-state index is 12.2. The molecule has 0 aliphatic carbocycles. The monoisotopic (exact) mass is 275 g/mol. The number of amides is 1. The summed E-state index contributed by atoms with van der Waals surface area (Å²) in [5, 5.41) is 16.8. The van der Waals surface area contributed by atoms with Gasteiger partial charge in [-0.1, -0.05) is 18.2 Å². The van der Waals surface area contributed by atoms with E-state index in [1.807, 2.05) is 6.07 Å². The van der Waals surface area contributed by atoms with Crippen LogP contribution in [0.4, 0.5) is 0 Å². The number of hydrogen-bond donors (Lipinski definition) is 2. The van der Waals surface area contributed by atoms with Crippen LogP contribution in [0.15, 0.2) is 35.3 Å². The summed E-state index contributed by atoms with van der Waals surface area (Å²) in [6.07, 6.45) is 2.05. The minimum Gasteiger partial charge on any atom is -0.396 e. The molecule has 2 N–H and O–H groups in total. The van der Waals surface area contributed by atoms with Crippen LogP contribution in [-0.2, 0) is 11.3 Å². The molecule has 2 rings (SSSR count). The van der Waals surface area contributed by atoms with Gasteiger partial charge in [0.05, 0.1) is 11.6 Å². The second-order valence-corrected chi connectivity index (χ2v) is 4.68. The fourth-order valence-corrected chi connectivity index (χ4v) is 1.96. The molecule has 6 heteroatoms. The standard InChI is InChI=1S/C14H17N3O3/c1-10(6-7-18)16-13(19)9-17-14(20)12-5-3-2-4-11(12)8-15-17/h2-5,8,10,18H,6-7,9H2,1H3,(H,16,19). The normalized spacial score (nSPS) is 12.3. The van der Waals surface area contributed by atoms with Gasteiger partial charge < -0.3 is 10.4 Å². The number of carbonyl (C=O) groups is 1. The van der Waals surface area contributed by atoms with Gasteiger partial charge in [-0.15, -0.1) is 0 Å². The molecule has 0 radical (unpaired) electrons. The lowest BCUT2D eigenvalue weighted by atomic mass is 10.2. The molecule has 1 unspecified atom stereocenters. The van der Waals surface area contributed by atoms with Crippen LogP contribution in [0.5, 0.6) is 0 Å². The van der Waals surface area contributed by atoms with E-state index in [9.17, 15) is 9.59 Å². The molecule has 1 heterocycles. The first-order valence-electron chi connectivity index (χ1n) is 6.47. The first-order valence-corrected chi connectivity index (χ1v) is 6.47. The van der Waals surface area contributed by atoms with Crippen LogP contribution in [0.1, 0.15) is 13.3 Å². The molecule has 0 aliphatic rings. The van der Waals surface area contributed by atoms with Crippen LogP contribution >= 0.6 is 0 Å². The van der Waals surface area contributed by atoms with Crippen molar-refractivity contribution >= 4 is 16.7 Å². The molecular weight excluding hydrogens is 258 g/mol. The van der Waals surface area contributed by atoms with Gasteiger partial charge in [-0.3, -0.25) is 9.59 Å². The summed E-state index contributed by atoms with van der Waals surface area (Å²) in [7, 11) is 0. The predicted molar refractivity (Wildman–Crippen MR) is 75.3 cm³/mol. The largest absolute Gasteiger partial charge is 0.396 e. The summed E-state index contributed by atoms with van der Waals surface area (Å²) >= 11 is 0. The Bertz CT molecular complexity index is 666. The van der Waals surface area contributed by atoms with E-state index in [1.54, 1.807) is 31.3 Å². The van der Waals surface area contributed by atoms with Crippen molar-refractivity contribution in [1.82, 2.24) is 15.1 Å². The number of aliphatic hydroxyl groups excluding tert-OH is 1. The Hall–Kier alpha value is -2.21. The van der Waals surface area contributed by atoms with Crippen LogP contribution in [0.3, 0.4) is 0 Å². The van der Waals surface area contributed by atoms with Gasteiger partial charge >= 0.3 is 0 Å². The van der Waals surface area contributed by atoms with E-state index in [1.165, 1.54) is 0 Å². The first kappa shape index (κ1) is 14.2. The van der Waals surface area contributed by atoms with E-state index in [0.29, 0.717) is 11.8 Å². The smallest absolute Gasteiger partial charge is 0.275 e. The van der Waals surface area contributed by atoms with Crippen molar-refractivity contribution in [2.24, 2.45) is 0 Å². The molecule has 6 nitrogen and oxygen atoms in total. The number of benzene rings is 1. The minimum absolute atomic E-state index is 0.00954. The van der Waals surface area contributed by atoms with Crippen LogP contribution in [0.25, 0.3) is 10.8 Å². The van der Waals surface area contributed by atoms with Crippen molar-refractivity contribution in [2.45, 2.75) is 25.9 Å². The molecule has 106 valence electrons. The molecule has 1 aromatic heterocycles. The third kappa shape index (κ3) is 3.21. The molecule has 20 heavy (non-hydrogen) atoms. The highest BCUT2D eigenvalue weighted by Crippen LogP contribution is 2.06. The van der Waals surface area contributed by atoms with Gasteiger partial charge in [-0.05, 0) is 19.4 Å². The Labute approximate surface area is 116 Å². The minimum atomic E-state index is -0.296. The number of rotatable bonds is 5. The zero-order valence-electron chi connectivity index (χ0n) is 11.2. The second kappa shape index (κ2) is 6.29. The third-order valence-electron chi connectivity index (χ3n) is 3.02. The van der Waals surface area contributed by atoms with Gasteiger partial charge in [0.1, 0.15) is 6.54 Å². The highest BCUT2D eigenvalue weighted by Gasteiger charge is 2.10. The first-order chi connectivity index (χ1) is 9.61.